The molecule has 132 valence electrons. The van der Waals surface area contributed by atoms with E-state index in [1.54, 1.807) is 6.07 Å². The van der Waals surface area contributed by atoms with Gasteiger partial charge in [-0.05, 0) is 30.3 Å². The Hall–Kier alpha value is -3.93. The number of nitrogens with zero attached hydrogens (tertiary/aromatic N) is 2. The molecular weight excluding hydrogens is 343 g/mol. The molecule has 0 aliphatic rings. The molecule has 0 fully saturated rings. The third-order valence-electron chi connectivity index (χ3n) is 3.24. The van der Waals surface area contributed by atoms with E-state index in [0.717, 1.165) is 6.20 Å². The summed E-state index contributed by atoms with van der Waals surface area (Å²) in [5, 5.41) is 25.1. The van der Waals surface area contributed by atoms with E-state index in [1.807, 2.05) is 0 Å². The van der Waals surface area contributed by atoms with Crippen LogP contribution in [0.4, 0.5) is 21.5 Å². The first kappa shape index (κ1) is 18.4. The quantitative estimate of drug-likeness (QED) is 0.355. The number of nitro groups is 1. The molecular formula is C17H13FN4O4. The van der Waals surface area contributed by atoms with Gasteiger partial charge >= 0.3 is 0 Å². The molecule has 2 N–H and O–H groups in total. The van der Waals surface area contributed by atoms with Crippen LogP contribution in [-0.2, 0) is 4.79 Å². The van der Waals surface area contributed by atoms with Crippen LogP contribution >= 0.6 is 0 Å². The number of ether oxygens (including phenoxy) is 1. The van der Waals surface area contributed by atoms with Crippen LogP contribution in [0.5, 0.6) is 5.75 Å². The molecule has 0 radical (unpaired) electrons. The molecule has 0 aliphatic heterocycles. The molecule has 0 heterocycles. The van der Waals surface area contributed by atoms with E-state index in [1.165, 1.54) is 49.6 Å². The average Bonchev–Trinajstić information content (AvgIpc) is 2.64. The van der Waals surface area contributed by atoms with E-state index in [-0.39, 0.29) is 17.0 Å². The largest absolute Gasteiger partial charge is 0.494 e. The number of nitrogens with one attached hydrogen (secondary N) is 2. The van der Waals surface area contributed by atoms with E-state index in [9.17, 15) is 19.3 Å². The molecule has 0 saturated carbocycles. The van der Waals surface area contributed by atoms with Crippen LogP contribution in [0.15, 0.2) is 54.2 Å². The molecule has 2 aromatic carbocycles. The summed E-state index contributed by atoms with van der Waals surface area (Å²) in [5.74, 6) is -0.981. The summed E-state index contributed by atoms with van der Waals surface area (Å²) in [7, 11) is 1.33. The van der Waals surface area contributed by atoms with Gasteiger partial charge in [0, 0.05) is 18.0 Å². The lowest BCUT2D eigenvalue weighted by molar-refractivity contribution is -0.384. The van der Waals surface area contributed by atoms with Gasteiger partial charge in [-0.3, -0.25) is 14.9 Å². The third kappa shape index (κ3) is 4.55. The van der Waals surface area contributed by atoms with Crippen molar-refractivity contribution in [1.82, 2.24) is 0 Å². The summed E-state index contributed by atoms with van der Waals surface area (Å²) in [6, 6.07) is 10.6. The fourth-order valence-electron chi connectivity index (χ4n) is 1.94. The van der Waals surface area contributed by atoms with E-state index in [4.69, 9.17) is 10.00 Å². The van der Waals surface area contributed by atoms with Crippen molar-refractivity contribution in [2.24, 2.45) is 0 Å². The SMILES string of the molecule is COc1cc([N+](=O)[O-])ccc1N/C=C(/C#N)C(=O)Nc1ccc(F)cc1. The van der Waals surface area contributed by atoms with E-state index >= 15 is 0 Å². The number of carbonyl (C=O) groups excluding carboxylic acids is 1. The predicted octanol–water partition coefficient (Wildman–Crippen LogP) is 3.20. The number of amides is 1. The number of carbonyl (C=O) groups is 1. The molecule has 1 amide bonds. The summed E-state index contributed by atoms with van der Waals surface area (Å²) >= 11 is 0. The number of non-ortho nitro benzene ring substituents is 1. The fraction of sp³-hybridized carbons (Fsp3) is 0.0588. The lowest BCUT2D eigenvalue weighted by atomic mass is 10.2. The maximum absolute atomic E-state index is 12.9. The predicted molar refractivity (Wildman–Crippen MR) is 92.0 cm³/mol. The zero-order valence-corrected chi connectivity index (χ0v) is 13.5. The number of hydrogen-bond acceptors (Lipinski definition) is 6. The molecule has 0 unspecified atom stereocenters. The van der Waals surface area contributed by atoms with E-state index < -0.39 is 16.6 Å². The highest BCUT2D eigenvalue weighted by molar-refractivity contribution is 6.06. The zero-order valence-electron chi connectivity index (χ0n) is 13.5. The number of nitriles is 1. The first-order valence-electron chi connectivity index (χ1n) is 7.20. The van der Waals surface area contributed by atoms with E-state index in [0.29, 0.717) is 11.4 Å². The summed E-state index contributed by atoms with van der Waals surface area (Å²) in [4.78, 5) is 22.3. The van der Waals surface area contributed by atoms with Crippen LogP contribution in [0.2, 0.25) is 0 Å². The summed E-state index contributed by atoms with van der Waals surface area (Å²) in [6.45, 7) is 0. The van der Waals surface area contributed by atoms with Crippen LogP contribution in [0.1, 0.15) is 0 Å². The second-order valence-corrected chi connectivity index (χ2v) is 4.92. The van der Waals surface area contributed by atoms with Gasteiger partial charge in [-0.15, -0.1) is 0 Å². The topological polar surface area (TPSA) is 117 Å². The second kappa shape index (κ2) is 8.25. The molecule has 8 nitrogen and oxygen atoms in total. The Morgan fingerprint density at radius 2 is 2.00 bits per heavy atom. The minimum Gasteiger partial charge on any atom is -0.494 e. The number of hydrogen-bond donors (Lipinski definition) is 2. The van der Waals surface area contributed by atoms with Gasteiger partial charge in [0.05, 0.1) is 23.8 Å². The van der Waals surface area contributed by atoms with Crippen molar-refractivity contribution < 1.29 is 18.8 Å². The molecule has 0 aliphatic carbocycles. The maximum atomic E-state index is 12.9. The van der Waals surface area contributed by atoms with Crippen molar-refractivity contribution in [1.29, 1.82) is 5.26 Å². The van der Waals surface area contributed by atoms with Crippen LogP contribution in [0.3, 0.4) is 0 Å². The first-order chi connectivity index (χ1) is 12.4. The normalized spacial score (nSPS) is 10.6. The van der Waals surface area contributed by atoms with Crippen LogP contribution in [0, 0.1) is 27.3 Å². The number of halogens is 1. The molecule has 0 aromatic heterocycles. The van der Waals surface area contributed by atoms with Gasteiger partial charge in [0.2, 0.25) is 0 Å². The summed E-state index contributed by atoms with van der Waals surface area (Å²) in [6.07, 6.45) is 1.14. The molecule has 9 heteroatoms. The Balaban J connectivity index is 2.16. The molecule has 0 spiro atoms. The number of rotatable bonds is 6. The smallest absolute Gasteiger partial charge is 0.273 e. The Morgan fingerprint density at radius 1 is 1.31 bits per heavy atom. The molecule has 26 heavy (non-hydrogen) atoms. The fourth-order valence-corrected chi connectivity index (χ4v) is 1.94. The van der Waals surface area contributed by atoms with Crippen LogP contribution < -0.4 is 15.4 Å². The van der Waals surface area contributed by atoms with Crippen molar-refractivity contribution in [2.75, 3.05) is 17.7 Å². The highest BCUT2D eigenvalue weighted by atomic mass is 19.1. The highest BCUT2D eigenvalue weighted by Gasteiger charge is 2.13. The van der Waals surface area contributed by atoms with Gasteiger partial charge < -0.3 is 15.4 Å². The minimum atomic E-state index is -0.701. The summed E-state index contributed by atoms with van der Waals surface area (Å²) < 4.78 is 17.9. The molecule has 0 saturated heterocycles. The van der Waals surface area contributed by atoms with Gasteiger partial charge in [-0.2, -0.15) is 5.26 Å². The number of anilines is 2. The second-order valence-electron chi connectivity index (χ2n) is 4.92. The number of nitro benzene ring substituents is 1. The molecule has 0 atom stereocenters. The highest BCUT2D eigenvalue weighted by Crippen LogP contribution is 2.29. The molecule has 2 rings (SSSR count). The van der Waals surface area contributed by atoms with E-state index in [2.05, 4.69) is 10.6 Å². The lowest BCUT2D eigenvalue weighted by Gasteiger charge is -2.09. The maximum Gasteiger partial charge on any atom is 0.273 e. The monoisotopic (exact) mass is 356 g/mol. The first-order valence-corrected chi connectivity index (χ1v) is 7.20. The van der Waals surface area contributed by atoms with Crippen molar-refractivity contribution in [3.05, 3.63) is 70.2 Å². The minimum absolute atomic E-state index is 0.161. The van der Waals surface area contributed by atoms with Gasteiger partial charge in [0.15, 0.2) is 0 Å². The van der Waals surface area contributed by atoms with Crippen molar-refractivity contribution in [3.63, 3.8) is 0 Å². The van der Waals surface area contributed by atoms with Gasteiger partial charge in [0.1, 0.15) is 23.2 Å². The average molecular weight is 356 g/mol. The Kier molecular flexibility index (Phi) is 5.84. The van der Waals surface area contributed by atoms with Gasteiger partial charge in [0.25, 0.3) is 11.6 Å². The third-order valence-corrected chi connectivity index (χ3v) is 3.24. The molecule has 2 aromatic rings. The lowest BCUT2D eigenvalue weighted by Crippen LogP contribution is -2.14. The Labute approximate surface area is 147 Å². The Morgan fingerprint density at radius 3 is 2.58 bits per heavy atom. The van der Waals surface area contributed by atoms with Gasteiger partial charge in [-0.25, -0.2) is 4.39 Å². The standard InChI is InChI=1S/C17H13FN4O4/c1-26-16-8-14(22(24)25)6-7-15(16)20-10-11(9-19)17(23)21-13-4-2-12(18)3-5-13/h2-8,10,20H,1H3,(H,21,23)/b11-10-. The van der Waals surface area contributed by atoms with Crippen LogP contribution in [0.25, 0.3) is 0 Å². The molecule has 0 bridgehead atoms. The van der Waals surface area contributed by atoms with Crippen molar-refractivity contribution in [3.8, 4) is 11.8 Å². The van der Waals surface area contributed by atoms with Crippen LogP contribution in [-0.4, -0.2) is 17.9 Å². The Bertz CT molecular complexity index is 904. The van der Waals surface area contributed by atoms with Gasteiger partial charge in [-0.1, -0.05) is 0 Å². The number of methoxy groups -OCH3 is 1. The number of benzene rings is 2. The zero-order chi connectivity index (χ0) is 19.1. The van der Waals surface area contributed by atoms with Crippen molar-refractivity contribution >= 4 is 23.0 Å². The summed E-state index contributed by atoms with van der Waals surface area (Å²) in [5.41, 5.74) is 0.242. The van der Waals surface area contributed by atoms with Crippen molar-refractivity contribution in [2.45, 2.75) is 0 Å².